The van der Waals surface area contributed by atoms with Gasteiger partial charge in [-0.1, -0.05) is 25.0 Å². The number of hydrogen-bond donors (Lipinski definition) is 0. The van der Waals surface area contributed by atoms with E-state index in [0.29, 0.717) is 22.9 Å². The molecule has 0 saturated heterocycles. The molecule has 1 saturated carbocycles. The van der Waals surface area contributed by atoms with E-state index in [-0.39, 0.29) is 22.7 Å². The van der Waals surface area contributed by atoms with Crippen molar-refractivity contribution in [3.8, 4) is 28.8 Å². The summed E-state index contributed by atoms with van der Waals surface area (Å²) in [7, 11) is 0. The van der Waals surface area contributed by atoms with Crippen molar-refractivity contribution in [1.29, 1.82) is 0 Å². The van der Waals surface area contributed by atoms with Crippen molar-refractivity contribution in [1.82, 2.24) is 4.98 Å². The molecule has 1 fully saturated rings. The molecule has 0 unspecified atom stereocenters. The summed E-state index contributed by atoms with van der Waals surface area (Å²) in [5.74, 6) is 0.594. The fourth-order valence-electron chi connectivity index (χ4n) is 4.04. The highest BCUT2D eigenvalue weighted by Crippen LogP contribution is 2.31. The number of hydrogen-bond acceptors (Lipinski definition) is 3. The van der Waals surface area contributed by atoms with Crippen LogP contribution in [0.15, 0.2) is 42.6 Å². The minimum absolute atomic E-state index is 0.0658. The zero-order valence-electron chi connectivity index (χ0n) is 18.2. The van der Waals surface area contributed by atoms with Crippen LogP contribution in [-0.4, -0.2) is 17.1 Å². The molecule has 0 N–H and O–H groups in total. The van der Waals surface area contributed by atoms with Gasteiger partial charge < -0.3 is 4.74 Å². The lowest BCUT2D eigenvalue weighted by atomic mass is 9.83. The van der Waals surface area contributed by atoms with E-state index < -0.39 is 23.4 Å². The number of carbonyl (C=O) groups excluding carboxylic acids is 1. The van der Waals surface area contributed by atoms with Crippen LogP contribution in [0.5, 0.6) is 5.75 Å². The predicted octanol–water partition coefficient (Wildman–Crippen LogP) is 6.83. The molecule has 34 heavy (non-hydrogen) atoms. The van der Waals surface area contributed by atoms with Gasteiger partial charge in [-0.05, 0) is 61.3 Å². The normalized spacial score (nSPS) is 18.3. The lowest BCUT2D eigenvalue weighted by Gasteiger charge is -2.24. The van der Waals surface area contributed by atoms with Gasteiger partial charge in [-0.25, -0.2) is 8.78 Å². The van der Waals surface area contributed by atoms with Gasteiger partial charge in [0.1, 0.15) is 17.4 Å². The molecule has 0 amide bonds. The van der Waals surface area contributed by atoms with Gasteiger partial charge in [0, 0.05) is 16.9 Å². The lowest BCUT2D eigenvalue weighted by Crippen LogP contribution is -2.24. The summed E-state index contributed by atoms with van der Waals surface area (Å²) in [5, 5.41) is 0.0814. The molecule has 0 bridgehead atoms. The van der Waals surface area contributed by atoms with E-state index in [4.69, 9.17) is 4.74 Å². The third-order valence-corrected chi connectivity index (χ3v) is 5.96. The first kappa shape index (κ1) is 23.7. The number of pyridine rings is 1. The van der Waals surface area contributed by atoms with E-state index in [1.807, 2.05) is 0 Å². The molecule has 0 spiro atoms. The van der Waals surface area contributed by atoms with E-state index in [1.54, 1.807) is 12.1 Å². The number of ether oxygens (including phenoxy) is 1. The first-order chi connectivity index (χ1) is 16.1. The Balaban J connectivity index is 1.54. The minimum atomic E-state index is -4.86. The van der Waals surface area contributed by atoms with Crippen molar-refractivity contribution in [2.75, 3.05) is 0 Å². The molecule has 4 rings (SSSR count). The minimum Gasteiger partial charge on any atom is -0.425 e. The smallest absolute Gasteiger partial charge is 0.425 e. The third kappa shape index (κ3) is 5.36. The lowest BCUT2D eigenvalue weighted by molar-refractivity contribution is -0.140. The number of rotatable bonds is 3. The van der Waals surface area contributed by atoms with Crippen LogP contribution in [-0.2, 0) is 4.79 Å². The SMILES string of the molecule is CC1CCC(C(=O)Oc2ccc(-c3ccc4c(F)c(C#CC(F)(F)F)c(F)cc4c3)nc2)CC1. The van der Waals surface area contributed by atoms with Crippen LogP contribution in [0.3, 0.4) is 0 Å². The zero-order chi connectivity index (χ0) is 24.5. The number of nitrogens with zero attached hydrogens (tertiary/aromatic N) is 1. The molecule has 1 aromatic heterocycles. The van der Waals surface area contributed by atoms with Crippen molar-refractivity contribution < 1.29 is 31.5 Å². The summed E-state index contributed by atoms with van der Waals surface area (Å²) >= 11 is 0. The Kier molecular flexibility index (Phi) is 6.56. The number of esters is 1. The van der Waals surface area contributed by atoms with Crippen LogP contribution in [0.2, 0.25) is 0 Å². The number of carbonyl (C=O) groups is 1. The quantitative estimate of drug-likeness (QED) is 0.238. The Bertz CT molecular complexity index is 1280. The molecular formula is C26H20F5NO2. The van der Waals surface area contributed by atoms with Crippen LogP contribution < -0.4 is 4.74 Å². The standard InChI is InChI=1S/C26H20F5NO2/c1-15-2-4-16(5-3-15)25(33)34-19-7-9-23(32-14-19)17-6-8-20-18(12-17)13-22(27)21(24(20)28)10-11-26(29,30)31/h6-9,12-16H,2-5H2,1H3. The van der Waals surface area contributed by atoms with E-state index in [2.05, 4.69) is 11.9 Å². The maximum Gasteiger partial charge on any atom is 0.458 e. The molecule has 1 aliphatic carbocycles. The van der Waals surface area contributed by atoms with Crippen LogP contribution >= 0.6 is 0 Å². The molecule has 0 radical (unpaired) electrons. The van der Waals surface area contributed by atoms with Gasteiger partial charge >= 0.3 is 12.1 Å². The Morgan fingerprint density at radius 2 is 1.79 bits per heavy atom. The third-order valence-electron chi connectivity index (χ3n) is 5.96. The van der Waals surface area contributed by atoms with Gasteiger partial charge in [0.2, 0.25) is 0 Å². The highest BCUT2D eigenvalue weighted by molar-refractivity contribution is 5.88. The number of benzene rings is 2. The van der Waals surface area contributed by atoms with Crippen LogP contribution in [0.25, 0.3) is 22.0 Å². The van der Waals surface area contributed by atoms with E-state index in [0.717, 1.165) is 37.7 Å². The number of aromatic nitrogens is 1. The summed E-state index contributed by atoms with van der Waals surface area (Å²) in [6, 6.07) is 8.46. The molecule has 2 aromatic carbocycles. The average Bonchev–Trinajstić information content (AvgIpc) is 2.78. The first-order valence-corrected chi connectivity index (χ1v) is 10.8. The van der Waals surface area contributed by atoms with Crippen molar-refractivity contribution in [2.45, 2.75) is 38.8 Å². The summed E-state index contributed by atoms with van der Waals surface area (Å²) in [6.07, 6.45) is 0.143. The molecule has 3 aromatic rings. The zero-order valence-corrected chi connectivity index (χ0v) is 18.2. The van der Waals surface area contributed by atoms with Gasteiger partial charge in [0.15, 0.2) is 0 Å². The second-order valence-electron chi connectivity index (χ2n) is 8.49. The van der Waals surface area contributed by atoms with Crippen molar-refractivity contribution in [2.24, 2.45) is 11.8 Å². The highest BCUT2D eigenvalue weighted by Gasteiger charge is 2.26. The topological polar surface area (TPSA) is 39.2 Å². The number of alkyl halides is 3. The summed E-state index contributed by atoms with van der Waals surface area (Å²) in [6.45, 7) is 2.17. The fourth-order valence-corrected chi connectivity index (χ4v) is 4.04. The summed E-state index contributed by atoms with van der Waals surface area (Å²) in [4.78, 5) is 16.6. The monoisotopic (exact) mass is 473 g/mol. The van der Waals surface area contributed by atoms with Crippen LogP contribution in [0.1, 0.15) is 38.2 Å². The van der Waals surface area contributed by atoms with E-state index in [9.17, 15) is 26.7 Å². The molecule has 3 nitrogen and oxygen atoms in total. The molecule has 0 aliphatic heterocycles. The summed E-state index contributed by atoms with van der Waals surface area (Å²) < 4.78 is 71.3. The molecule has 0 atom stereocenters. The number of fused-ring (bicyclic) bond motifs is 1. The van der Waals surface area contributed by atoms with Gasteiger partial charge in [0.25, 0.3) is 0 Å². The van der Waals surface area contributed by atoms with Gasteiger partial charge in [-0.15, -0.1) is 0 Å². The van der Waals surface area contributed by atoms with E-state index >= 15 is 0 Å². The molecule has 1 aliphatic rings. The van der Waals surface area contributed by atoms with Gasteiger partial charge in [-0.2, -0.15) is 13.2 Å². The van der Waals surface area contributed by atoms with Gasteiger partial charge in [-0.3, -0.25) is 9.78 Å². The fraction of sp³-hybridized carbons (Fsp3) is 0.308. The predicted molar refractivity (Wildman–Crippen MR) is 117 cm³/mol. The Hall–Kier alpha value is -3.47. The van der Waals surface area contributed by atoms with Gasteiger partial charge in [0.05, 0.1) is 23.4 Å². The maximum absolute atomic E-state index is 14.6. The summed E-state index contributed by atoms with van der Waals surface area (Å²) in [5.41, 5.74) is 0.0591. The first-order valence-electron chi connectivity index (χ1n) is 10.8. The molecule has 176 valence electrons. The molecular weight excluding hydrogens is 453 g/mol. The van der Waals surface area contributed by atoms with Crippen LogP contribution in [0.4, 0.5) is 22.0 Å². The highest BCUT2D eigenvalue weighted by atomic mass is 19.4. The molecule has 1 heterocycles. The van der Waals surface area contributed by atoms with Crippen molar-refractivity contribution in [3.05, 3.63) is 59.8 Å². The maximum atomic E-state index is 14.6. The average molecular weight is 473 g/mol. The number of halogens is 5. The Labute approximate surface area is 193 Å². The second-order valence-corrected chi connectivity index (χ2v) is 8.49. The van der Waals surface area contributed by atoms with Crippen molar-refractivity contribution in [3.63, 3.8) is 0 Å². The Morgan fingerprint density at radius 1 is 1.06 bits per heavy atom. The Morgan fingerprint density at radius 3 is 2.44 bits per heavy atom. The van der Waals surface area contributed by atoms with Crippen LogP contribution in [0, 0.1) is 35.3 Å². The van der Waals surface area contributed by atoms with E-state index in [1.165, 1.54) is 30.3 Å². The second kappa shape index (κ2) is 9.41. The van der Waals surface area contributed by atoms with Crippen molar-refractivity contribution >= 4 is 16.7 Å². The largest absolute Gasteiger partial charge is 0.458 e. The molecule has 8 heteroatoms.